The summed E-state index contributed by atoms with van der Waals surface area (Å²) < 4.78 is 31.4. The van der Waals surface area contributed by atoms with E-state index in [1.807, 2.05) is 39.0 Å². The normalized spacial score (nSPS) is 12.5. The van der Waals surface area contributed by atoms with E-state index in [0.717, 1.165) is 28.0 Å². The van der Waals surface area contributed by atoms with Gasteiger partial charge in [0.15, 0.2) is 0 Å². The number of aryl methyl sites for hydroxylation is 2. The number of carbonyl (C=O) groups is 1. The summed E-state index contributed by atoms with van der Waals surface area (Å²) in [7, 11) is -1.76. The highest BCUT2D eigenvalue weighted by molar-refractivity contribution is 7.92. The summed E-state index contributed by atoms with van der Waals surface area (Å²) in [6, 6.07) is 11.3. The van der Waals surface area contributed by atoms with Crippen LogP contribution in [0.25, 0.3) is 0 Å². The molecule has 2 aromatic rings. The lowest BCUT2D eigenvalue weighted by Crippen LogP contribution is -2.32. The van der Waals surface area contributed by atoms with Gasteiger partial charge >= 0.3 is 0 Å². The second-order valence-corrected chi connectivity index (χ2v) is 10.6. The molecule has 0 aliphatic rings. The molecule has 0 aliphatic carbocycles. The predicted octanol–water partition coefficient (Wildman–Crippen LogP) is 4.86. The van der Waals surface area contributed by atoms with Gasteiger partial charge in [0.2, 0.25) is 15.9 Å². The van der Waals surface area contributed by atoms with E-state index >= 15 is 0 Å². The van der Waals surface area contributed by atoms with E-state index in [1.54, 1.807) is 19.2 Å². The van der Waals surface area contributed by atoms with Crippen LogP contribution in [0.3, 0.4) is 0 Å². The van der Waals surface area contributed by atoms with E-state index < -0.39 is 10.0 Å². The Morgan fingerprint density at radius 2 is 1.69 bits per heavy atom. The Morgan fingerprint density at radius 3 is 2.22 bits per heavy atom. The molecule has 0 fully saturated rings. The highest BCUT2D eigenvalue weighted by Crippen LogP contribution is 2.32. The minimum Gasteiger partial charge on any atom is -0.496 e. The van der Waals surface area contributed by atoms with E-state index in [9.17, 15) is 13.2 Å². The average molecular weight is 461 g/mol. The summed E-state index contributed by atoms with van der Waals surface area (Å²) in [6.45, 7) is 10.4. The number of nitrogens with one attached hydrogen (secondary N) is 1. The summed E-state index contributed by atoms with van der Waals surface area (Å²) in [5.74, 6) is 1.06. The maximum absolute atomic E-state index is 12.6. The van der Waals surface area contributed by atoms with Crippen LogP contribution in [0.4, 0.5) is 5.69 Å². The summed E-state index contributed by atoms with van der Waals surface area (Å²) in [5.41, 5.74) is 4.89. The van der Waals surface area contributed by atoms with Crippen molar-refractivity contribution in [3.63, 3.8) is 0 Å². The van der Waals surface area contributed by atoms with E-state index in [-0.39, 0.29) is 24.9 Å². The Kier molecular flexibility index (Phi) is 8.73. The van der Waals surface area contributed by atoms with Crippen molar-refractivity contribution in [1.82, 2.24) is 5.32 Å². The van der Waals surface area contributed by atoms with Gasteiger partial charge in [0, 0.05) is 13.0 Å². The summed E-state index contributed by atoms with van der Waals surface area (Å²) in [4.78, 5) is 12.6. The van der Waals surface area contributed by atoms with Crippen LogP contribution in [0.5, 0.6) is 5.75 Å². The second-order valence-electron chi connectivity index (χ2n) is 8.67. The largest absolute Gasteiger partial charge is 0.496 e. The molecule has 0 radical (unpaired) electrons. The van der Waals surface area contributed by atoms with E-state index in [2.05, 4.69) is 25.2 Å². The van der Waals surface area contributed by atoms with Crippen LogP contribution in [0.15, 0.2) is 36.4 Å². The number of rotatable bonds is 10. The maximum Gasteiger partial charge on any atom is 0.232 e. The first-order valence-electron chi connectivity index (χ1n) is 11.0. The topological polar surface area (TPSA) is 75.7 Å². The van der Waals surface area contributed by atoms with Crippen LogP contribution in [0, 0.1) is 13.8 Å². The number of hydrogen-bond donors (Lipinski definition) is 1. The molecule has 0 unspecified atom stereocenters. The zero-order valence-corrected chi connectivity index (χ0v) is 21.0. The number of methoxy groups -OCH3 is 1. The number of carbonyl (C=O) groups excluding carboxylic acids is 1. The lowest BCUT2D eigenvalue weighted by molar-refractivity contribution is -0.121. The van der Waals surface area contributed by atoms with Crippen molar-refractivity contribution in [2.45, 2.75) is 59.4 Å². The maximum atomic E-state index is 12.6. The zero-order chi connectivity index (χ0) is 24.1. The lowest BCUT2D eigenvalue weighted by Gasteiger charge is -2.23. The van der Waals surface area contributed by atoms with Gasteiger partial charge in [0.05, 0.1) is 25.1 Å². The molecule has 0 saturated heterocycles. The molecule has 0 spiro atoms. The SMILES string of the molecule is COc1cc(C)c([C@@H](C)NC(=O)CCCN(c2ccc(C)cc2)S(C)(=O)=O)cc1C(C)C. The smallest absolute Gasteiger partial charge is 0.232 e. The molecule has 7 heteroatoms. The molecule has 1 atom stereocenters. The minimum absolute atomic E-state index is 0.101. The average Bonchev–Trinajstić information content (AvgIpc) is 2.70. The number of benzene rings is 2. The van der Waals surface area contributed by atoms with Gasteiger partial charge in [-0.3, -0.25) is 9.10 Å². The lowest BCUT2D eigenvalue weighted by atomic mass is 9.93. The fourth-order valence-electron chi connectivity index (χ4n) is 3.78. The number of sulfonamides is 1. The first-order valence-corrected chi connectivity index (χ1v) is 12.8. The van der Waals surface area contributed by atoms with Gasteiger partial charge in [-0.25, -0.2) is 8.42 Å². The van der Waals surface area contributed by atoms with Gasteiger partial charge in [-0.1, -0.05) is 31.5 Å². The third-order valence-corrected chi connectivity index (χ3v) is 6.77. The molecule has 1 N–H and O–H groups in total. The Morgan fingerprint density at radius 1 is 1.06 bits per heavy atom. The van der Waals surface area contributed by atoms with Crippen molar-refractivity contribution in [1.29, 1.82) is 0 Å². The molecule has 32 heavy (non-hydrogen) atoms. The van der Waals surface area contributed by atoms with Crippen LogP contribution in [0.1, 0.15) is 67.8 Å². The van der Waals surface area contributed by atoms with Crippen molar-refractivity contribution in [2.75, 3.05) is 24.2 Å². The first kappa shape index (κ1) is 25.7. The molecular weight excluding hydrogens is 424 g/mol. The van der Waals surface area contributed by atoms with Gasteiger partial charge in [0.1, 0.15) is 5.75 Å². The van der Waals surface area contributed by atoms with Crippen LogP contribution < -0.4 is 14.4 Å². The molecule has 0 bridgehead atoms. The monoisotopic (exact) mass is 460 g/mol. The van der Waals surface area contributed by atoms with Crippen molar-refractivity contribution in [3.8, 4) is 5.75 Å². The highest BCUT2D eigenvalue weighted by Gasteiger charge is 2.19. The molecule has 0 aliphatic heterocycles. The molecule has 1 amide bonds. The van der Waals surface area contributed by atoms with Crippen LogP contribution in [-0.4, -0.2) is 34.2 Å². The quantitative estimate of drug-likeness (QED) is 0.549. The van der Waals surface area contributed by atoms with Crippen LogP contribution in [-0.2, 0) is 14.8 Å². The molecule has 2 aromatic carbocycles. The molecule has 176 valence electrons. The summed E-state index contributed by atoms with van der Waals surface area (Å²) >= 11 is 0. The third-order valence-electron chi connectivity index (χ3n) is 5.57. The van der Waals surface area contributed by atoms with Crippen molar-refractivity contribution in [3.05, 3.63) is 58.7 Å². The standard InChI is InChI=1S/C25H36N2O4S/c1-17(2)22-16-23(19(4)15-24(22)31-6)20(5)26-25(28)9-8-14-27(32(7,29)30)21-12-10-18(3)11-13-21/h10-13,15-17,20H,8-9,14H2,1-7H3,(H,26,28)/t20-/m1/s1. The third kappa shape index (κ3) is 6.73. The highest BCUT2D eigenvalue weighted by atomic mass is 32.2. The van der Waals surface area contributed by atoms with Crippen molar-refractivity contribution < 1.29 is 17.9 Å². The van der Waals surface area contributed by atoms with Gasteiger partial charge in [-0.15, -0.1) is 0 Å². The summed E-state index contributed by atoms with van der Waals surface area (Å²) in [6.07, 6.45) is 1.86. The van der Waals surface area contributed by atoms with E-state index in [0.29, 0.717) is 18.0 Å². The zero-order valence-electron chi connectivity index (χ0n) is 20.2. The second kappa shape index (κ2) is 10.9. The summed E-state index contributed by atoms with van der Waals surface area (Å²) in [5, 5.41) is 3.05. The van der Waals surface area contributed by atoms with Crippen LogP contribution >= 0.6 is 0 Å². The van der Waals surface area contributed by atoms with Crippen molar-refractivity contribution >= 4 is 21.6 Å². The number of nitrogens with zero attached hydrogens (tertiary/aromatic N) is 1. The fraction of sp³-hybridized carbons (Fsp3) is 0.480. The van der Waals surface area contributed by atoms with Crippen LogP contribution in [0.2, 0.25) is 0 Å². The van der Waals surface area contributed by atoms with Gasteiger partial charge in [-0.05, 0) is 74.1 Å². The van der Waals surface area contributed by atoms with Gasteiger partial charge in [0.25, 0.3) is 0 Å². The predicted molar refractivity (Wildman–Crippen MR) is 131 cm³/mol. The fourth-order valence-corrected chi connectivity index (χ4v) is 4.75. The molecule has 6 nitrogen and oxygen atoms in total. The van der Waals surface area contributed by atoms with Gasteiger partial charge in [-0.2, -0.15) is 0 Å². The Labute approximate surface area is 193 Å². The Bertz CT molecular complexity index is 1030. The first-order chi connectivity index (χ1) is 14.9. The number of ether oxygens (including phenoxy) is 1. The van der Waals surface area contributed by atoms with Crippen molar-refractivity contribution in [2.24, 2.45) is 0 Å². The Hall–Kier alpha value is -2.54. The molecule has 0 aromatic heterocycles. The molecule has 0 saturated carbocycles. The number of amides is 1. The Balaban J connectivity index is 2.03. The van der Waals surface area contributed by atoms with Gasteiger partial charge < -0.3 is 10.1 Å². The molecular formula is C25H36N2O4S. The molecule has 2 rings (SSSR count). The van der Waals surface area contributed by atoms with E-state index in [1.165, 1.54) is 10.6 Å². The number of anilines is 1. The van der Waals surface area contributed by atoms with E-state index in [4.69, 9.17) is 4.74 Å². The molecule has 0 heterocycles. The number of hydrogen-bond acceptors (Lipinski definition) is 4. The minimum atomic E-state index is -3.43.